The van der Waals surface area contributed by atoms with Crippen LogP contribution in [0.25, 0.3) is 0 Å². The first-order valence-corrected chi connectivity index (χ1v) is 5.74. The Morgan fingerprint density at radius 2 is 2.21 bits per heavy atom. The van der Waals surface area contributed by atoms with E-state index in [1.165, 1.54) is 11.8 Å². The van der Waals surface area contributed by atoms with Crippen LogP contribution in [0.1, 0.15) is 5.56 Å². The molecule has 1 rings (SSSR count). The van der Waals surface area contributed by atoms with Crippen LogP contribution in [-0.2, 0) is 11.3 Å². The predicted octanol–water partition coefficient (Wildman–Crippen LogP) is 1.45. The van der Waals surface area contributed by atoms with E-state index in [1.54, 1.807) is 0 Å². The molecule has 0 heterocycles. The number of benzene rings is 1. The van der Waals surface area contributed by atoms with E-state index in [1.807, 2.05) is 30.5 Å². The molecule has 0 aliphatic rings. The number of carbonyl (C=O) groups excluding carboxylic acids is 1. The van der Waals surface area contributed by atoms with Gasteiger partial charge in [0.05, 0.1) is 5.75 Å². The average molecular weight is 210 g/mol. The van der Waals surface area contributed by atoms with Gasteiger partial charge in [0.15, 0.2) is 0 Å². The van der Waals surface area contributed by atoms with Crippen molar-refractivity contribution in [3.63, 3.8) is 0 Å². The summed E-state index contributed by atoms with van der Waals surface area (Å²) in [7, 11) is 0. The summed E-state index contributed by atoms with van der Waals surface area (Å²) in [5.74, 6) is 0.484. The Labute approximate surface area is 88.1 Å². The third kappa shape index (κ3) is 3.05. The molecule has 0 aliphatic carbocycles. The molecule has 1 amide bonds. The number of hydrogen-bond acceptors (Lipinski definition) is 3. The predicted molar refractivity (Wildman–Crippen MR) is 61.3 cm³/mol. The van der Waals surface area contributed by atoms with Gasteiger partial charge < -0.3 is 11.1 Å². The zero-order valence-electron chi connectivity index (χ0n) is 8.12. The Kier molecular flexibility index (Phi) is 4.49. The standard InChI is InChI=1S/C10H14N2OS/c1-14-7-10(13)12-9-5-3-2-4-8(9)6-11/h2-5H,6-7,11H2,1H3,(H,12,13). The van der Waals surface area contributed by atoms with Gasteiger partial charge in [0.25, 0.3) is 0 Å². The molecule has 3 N–H and O–H groups in total. The molecule has 4 heteroatoms. The van der Waals surface area contributed by atoms with Gasteiger partial charge >= 0.3 is 0 Å². The summed E-state index contributed by atoms with van der Waals surface area (Å²) in [6.07, 6.45) is 1.90. The van der Waals surface area contributed by atoms with Gasteiger partial charge in [0.1, 0.15) is 0 Å². The number of carbonyl (C=O) groups is 1. The van der Waals surface area contributed by atoms with E-state index in [0.717, 1.165) is 11.3 Å². The van der Waals surface area contributed by atoms with E-state index >= 15 is 0 Å². The molecule has 0 aromatic heterocycles. The number of rotatable bonds is 4. The maximum atomic E-state index is 11.3. The first-order chi connectivity index (χ1) is 6.77. The molecule has 0 fully saturated rings. The zero-order valence-corrected chi connectivity index (χ0v) is 8.93. The minimum Gasteiger partial charge on any atom is -0.326 e. The third-order valence-corrected chi connectivity index (χ3v) is 2.34. The van der Waals surface area contributed by atoms with E-state index in [0.29, 0.717) is 12.3 Å². The highest BCUT2D eigenvalue weighted by Crippen LogP contribution is 2.14. The van der Waals surface area contributed by atoms with Gasteiger partial charge in [-0.1, -0.05) is 18.2 Å². The van der Waals surface area contributed by atoms with Crippen molar-refractivity contribution in [2.24, 2.45) is 5.73 Å². The van der Waals surface area contributed by atoms with Crippen LogP contribution in [0, 0.1) is 0 Å². The third-order valence-electron chi connectivity index (χ3n) is 1.79. The monoisotopic (exact) mass is 210 g/mol. The van der Waals surface area contributed by atoms with Crippen LogP contribution in [0.4, 0.5) is 5.69 Å². The van der Waals surface area contributed by atoms with Crippen molar-refractivity contribution in [3.8, 4) is 0 Å². The summed E-state index contributed by atoms with van der Waals surface area (Å²) in [5, 5.41) is 2.82. The first kappa shape index (κ1) is 11.1. The van der Waals surface area contributed by atoms with E-state index in [-0.39, 0.29) is 5.91 Å². The molecular weight excluding hydrogens is 196 g/mol. The zero-order chi connectivity index (χ0) is 10.4. The molecule has 0 radical (unpaired) electrons. The van der Waals surface area contributed by atoms with E-state index < -0.39 is 0 Å². The van der Waals surface area contributed by atoms with Gasteiger partial charge in [-0.15, -0.1) is 0 Å². The fourth-order valence-corrected chi connectivity index (χ4v) is 1.47. The minimum atomic E-state index is 0.0124. The molecule has 0 unspecified atom stereocenters. The Morgan fingerprint density at radius 1 is 1.50 bits per heavy atom. The lowest BCUT2D eigenvalue weighted by Gasteiger charge is -2.08. The van der Waals surface area contributed by atoms with Crippen LogP contribution in [-0.4, -0.2) is 17.9 Å². The van der Waals surface area contributed by atoms with Gasteiger partial charge in [-0.25, -0.2) is 0 Å². The van der Waals surface area contributed by atoms with Gasteiger partial charge in [-0.3, -0.25) is 4.79 Å². The summed E-state index contributed by atoms with van der Waals surface area (Å²) in [5.41, 5.74) is 7.32. The maximum Gasteiger partial charge on any atom is 0.234 e. The SMILES string of the molecule is CSCC(=O)Nc1ccccc1CN. The van der Waals surface area contributed by atoms with Crippen molar-refractivity contribution in [3.05, 3.63) is 29.8 Å². The quantitative estimate of drug-likeness (QED) is 0.790. The average Bonchev–Trinajstić information content (AvgIpc) is 2.19. The number of anilines is 1. The highest BCUT2D eigenvalue weighted by atomic mass is 32.2. The Hall–Kier alpha value is -1.00. The number of hydrogen-bond donors (Lipinski definition) is 2. The molecule has 3 nitrogen and oxygen atoms in total. The van der Waals surface area contributed by atoms with Crippen molar-refractivity contribution >= 4 is 23.4 Å². The fourth-order valence-electron chi connectivity index (χ4n) is 1.14. The topological polar surface area (TPSA) is 55.1 Å². The minimum absolute atomic E-state index is 0.0124. The van der Waals surface area contributed by atoms with Crippen molar-refractivity contribution < 1.29 is 4.79 Å². The summed E-state index contributed by atoms with van der Waals surface area (Å²) >= 11 is 1.50. The molecule has 76 valence electrons. The van der Waals surface area contributed by atoms with Crippen molar-refractivity contribution in [2.45, 2.75) is 6.54 Å². The molecule has 0 bridgehead atoms. The Bertz CT molecular complexity index is 315. The van der Waals surface area contributed by atoms with Gasteiger partial charge in [-0.05, 0) is 17.9 Å². The second-order valence-corrected chi connectivity index (χ2v) is 3.71. The van der Waals surface area contributed by atoms with E-state index in [9.17, 15) is 4.79 Å². The molecule has 0 saturated heterocycles. The smallest absolute Gasteiger partial charge is 0.234 e. The number of amides is 1. The Balaban J connectivity index is 2.70. The van der Waals surface area contributed by atoms with Crippen molar-refractivity contribution in [2.75, 3.05) is 17.3 Å². The molecule has 14 heavy (non-hydrogen) atoms. The normalized spacial score (nSPS) is 9.86. The van der Waals surface area contributed by atoms with Crippen LogP contribution in [0.3, 0.4) is 0 Å². The summed E-state index contributed by atoms with van der Waals surface area (Å²) in [6, 6.07) is 7.56. The summed E-state index contributed by atoms with van der Waals surface area (Å²) in [6.45, 7) is 0.440. The fraction of sp³-hybridized carbons (Fsp3) is 0.300. The molecule has 0 atom stereocenters. The number of para-hydroxylation sites is 1. The highest BCUT2D eigenvalue weighted by molar-refractivity contribution is 7.99. The van der Waals surface area contributed by atoms with E-state index in [4.69, 9.17) is 5.73 Å². The molecule has 0 spiro atoms. The van der Waals surface area contributed by atoms with Crippen molar-refractivity contribution in [1.82, 2.24) is 0 Å². The Morgan fingerprint density at radius 3 is 2.86 bits per heavy atom. The number of nitrogens with two attached hydrogens (primary N) is 1. The lowest BCUT2D eigenvalue weighted by atomic mass is 10.2. The molecule has 0 saturated carbocycles. The molecule has 0 aliphatic heterocycles. The van der Waals surface area contributed by atoms with Gasteiger partial charge in [0.2, 0.25) is 5.91 Å². The molecular formula is C10H14N2OS. The van der Waals surface area contributed by atoms with E-state index in [2.05, 4.69) is 5.32 Å². The first-order valence-electron chi connectivity index (χ1n) is 4.34. The van der Waals surface area contributed by atoms with Crippen LogP contribution < -0.4 is 11.1 Å². The van der Waals surface area contributed by atoms with Crippen LogP contribution in [0.2, 0.25) is 0 Å². The second kappa shape index (κ2) is 5.67. The second-order valence-electron chi connectivity index (χ2n) is 2.84. The molecule has 1 aromatic carbocycles. The maximum absolute atomic E-state index is 11.3. The van der Waals surface area contributed by atoms with Gasteiger partial charge in [-0.2, -0.15) is 11.8 Å². The number of thioether (sulfide) groups is 1. The van der Waals surface area contributed by atoms with Crippen LogP contribution in [0.15, 0.2) is 24.3 Å². The lowest BCUT2D eigenvalue weighted by molar-refractivity contribution is -0.113. The van der Waals surface area contributed by atoms with Crippen LogP contribution in [0.5, 0.6) is 0 Å². The van der Waals surface area contributed by atoms with Crippen LogP contribution >= 0.6 is 11.8 Å². The molecule has 1 aromatic rings. The lowest BCUT2D eigenvalue weighted by Crippen LogP contribution is -2.15. The van der Waals surface area contributed by atoms with Gasteiger partial charge in [0, 0.05) is 12.2 Å². The summed E-state index contributed by atoms with van der Waals surface area (Å²) in [4.78, 5) is 11.3. The highest BCUT2D eigenvalue weighted by Gasteiger charge is 2.03. The summed E-state index contributed by atoms with van der Waals surface area (Å²) < 4.78 is 0. The van der Waals surface area contributed by atoms with Crippen molar-refractivity contribution in [1.29, 1.82) is 0 Å². The largest absolute Gasteiger partial charge is 0.326 e. The number of nitrogens with one attached hydrogen (secondary N) is 1.